The van der Waals surface area contributed by atoms with Crippen LogP contribution in [0.5, 0.6) is 0 Å². The van der Waals surface area contributed by atoms with E-state index in [9.17, 15) is 9.59 Å². The smallest absolute Gasteiger partial charge is 0.239 e. The molecule has 0 saturated heterocycles. The monoisotopic (exact) mass is 415 g/mol. The fourth-order valence-electron chi connectivity index (χ4n) is 3.58. The Morgan fingerprint density at radius 1 is 0.871 bits per heavy atom. The number of amides is 2. The van der Waals surface area contributed by atoms with Gasteiger partial charge in [-0.15, -0.1) is 0 Å². The minimum Gasteiger partial charge on any atom is -0.376 e. The van der Waals surface area contributed by atoms with Crippen molar-refractivity contribution in [3.05, 3.63) is 95.6 Å². The highest BCUT2D eigenvalue weighted by Gasteiger charge is 2.14. The predicted octanol–water partition coefficient (Wildman–Crippen LogP) is 4.70. The van der Waals surface area contributed by atoms with Gasteiger partial charge >= 0.3 is 0 Å². The molecule has 0 aromatic heterocycles. The lowest BCUT2D eigenvalue weighted by atomic mass is 9.88. The summed E-state index contributed by atoms with van der Waals surface area (Å²) in [6.45, 7) is 4.19. The van der Waals surface area contributed by atoms with E-state index in [1.54, 1.807) is 0 Å². The molecule has 0 aliphatic carbocycles. The lowest BCUT2D eigenvalue weighted by Gasteiger charge is -2.18. The summed E-state index contributed by atoms with van der Waals surface area (Å²) in [5.41, 5.74) is 5.02. The van der Waals surface area contributed by atoms with Crippen molar-refractivity contribution in [1.29, 1.82) is 0 Å². The van der Waals surface area contributed by atoms with Gasteiger partial charge in [0, 0.05) is 30.8 Å². The van der Waals surface area contributed by atoms with Gasteiger partial charge in [0.1, 0.15) is 0 Å². The third kappa shape index (κ3) is 6.71. The lowest BCUT2D eigenvalue weighted by molar-refractivity contribution is -0.119. The van der Waals surface area contributed by atoms with Crippen LogP contribution in [0.15, 0.2) is 78.9 Å². The lowest BCUT2D eigenvalue weighted by Crippen LogP contribution is -2.31. The average molecular weight is 416 g/mol. The maximum Gasteiger partial charge on any atom is 0.239 e. The first kappa shape index (κ1) is 22.1. The summed E-state index contributed by atoms with van der Waals surface area (Å²) in [5.74, 6) is 0.0374. The minimum atomic E-state index is -0.126. The highest BCUT2D eigenvalue weighted by molar-refractivity contribution is 5.89. The molecule has 3 aromatic carbocycles. The van der Waals surface area contributed by atoms with Crippen LogP contribution in [0, 0.1) is 6.92 Å². The molecule has 3 N–H and O–H groups in total. The Morgan fingerprint density at radius 3 is 2.06 bits per heavy atom. The predicted molar refractivity (Wildman–Crippen MR) is 126 cm³/mol. The van der Waals surface area contributed by atoms with E-state index < -0.39 is 0 Å². The van der Waals surface area contributed by atoms with Crippen LogP contribution < -0.4 is 16.0 Å². The fourth-order valence-corrected chi connectivity index (χ4v) is 3.58. The van der Waals surface area contributed by atoms with Crippen LogP contribution in [0.4, 0.5) is 11.4 Å². The Kier molecular flexibility index (Phi) is 7.82. The van der Waals surface area contributed by atoms with Gasteiger partial charge in [-0.05, 0) is 42.2 Å². The van der Waals surface area contributed by atoms with Gasteiger partial charge < -0.3 is 16.0 Å². The van der Waals surface area contributed by atoms with E-state index in [1.165, 1.54) is 18.1 Å². The summed E-state index contributed by atoms with van der Waals surface area (Å²) in [4.78, 5) is 23.7. The molecule has 0 heterocycles. The van der Waals surface area contributed by atoms with Crippen LogP contribution >= 0.6 is 0 Å². The van der Waals surface area contributed by atoms with Gasteiger partial charge in [0.15, 0.2) is 0 Å². The van der Waals surface area contributed by atoms with Crippen molar-refractivity contribution in [3.8, 4) is 0 Å². The molecule has 0 fully saturated rings. The molecule has 5 heteroatoms. The molecule has 31 heavy (non-hydrogen) atoms. The minimum absolute atomic E-state index is 0.0656. The van der Waals surface area contributed by atoms with E-state index in [0.29, 0.717) is 12.2 Å². The maximum atomic E-state index is 12.4. The topological polar surface area (TPSA) is 70.2 Å². The molecule has 0 radical (unpaired) electrons. The molecular formula is C26H29N3O2. The first-order valence-electron chi connectivity index (χ1n) is 10.5. The van der Waals surface area contributed by atoms with Gasteiger partial charge in [-0.2, -0.15) is 0 Å². The zero-order valence-electron chi connectivity index (χ0n) is 18.0. The largest absolute Gasteiger partial charge is 0.376 e. The highest BCUT2D eigenvalue weighted by atomic mass is 16.2. The fraction of sp³-hybridized carbons (Fsp3) is 0.231. The molecule has 0 saturated carbocycles. The van der Waals surface area contributed by atoms with Crippen LogP contribution in [0.1, 0.15) is 36.0 Å². The number of nitrogens with one attached hydrogen (secondary N) is 3. The van der Waals surface area contributed by atoms with Gasteiger partial charge in [-0.3, -0.25) is 9.59 Å². The molecule has 0 aliphatic rings. The molecule has 5 nitrogen and oxygen atoms in total. The Hall–Kier alpha value is -3.60. The van der Waals surface area contributed by atoms with Gasteiger partial charge in [-0.25, -0.2) is 0 Å². The number of aryl methyl sites for hydroxylation is 1. The van der Waals surface area contributed by atoms with Crippen LogP contribution in [0.3, 0.4) is 0 Å². The zero-order valence-corrected chi connectivity index (χ0v) is 18.0. The first-order valence-corrected chi connectivity index (χ1v) is 10.5. The Balaban J connectivity index is 1.55. The third-order valence-electron chi connectivity index (χ3n) is 5.16. The molecule has 0 unspecified atom stereocenters. The van der Waals surface area contributed by atoms with E-state index >= 15 is 0 Å². The molecule has 0 aliphatic heterocycles. The quantitative estimate of drug-likeness (QED) is 0.474. The van der Waals surface area contributed by atoms with Crippen molar-refractivity contribution in [3.63, 3.8) is 0 Å². The van der Waals surface area contributed by atoms with Gasteiger partial charge in [0.25, 0.3) is 0 Å². The van der Waals surface area contributed by atoms with Gasteiger partial charge in [-0.1, -0.05) is 66.7 Å². The number of hydrogen-bond acceptors (Lipinski definition) is 3. The number of anilines is 2. The molecule has 2 amide bonds. The molecule has 0 atom stereocenters. The second kappa shape index (κ2) is 11.0. The van der Waals surface area contributed by atoms with Gasteiger partial charge in [0.05, 0.1) is 6.54 Å². The molecule has 0 spiro atoms. The zero-order chi connectivity index (χ0) is 22.1. The number of carbonyl (C=O) groups is 2. The summed E-state index contributed by atoms with van der Waals surface area (Å²) < 4.78 is 0. The second-order valence-electron chi connectivity index (χ2n) is 7.58. The summed E-state index contributed by atoms with van der Waals surface area (Å²) in [6.07, 6.45) is 0.816. The highest BCUT2D eigenvalue weighted by Crippen LogP contribution is 2.27. The second-order valence-corrected chi connectivity index (χ2v) is 7.58. The molecule has 3 rings (SSSR count). The van der Waals surface area contributed by atoms with Crippen LogP contribution in [0.25, 0.3) is 0 Å². The average Bonchev–Trinajstić information content (AvgIpc) is 2.78. The third-order valence-corrected chi connectivity index (χ3v) is 5.16. The van der Waals surface area contributed by atoms with Crippen molar-refractivity contribution in [1.82, 2.24) is 5.32 Å². The first-order chi connectivity index (χ1) is 15.0. The van der Waals surface area contributed by atoms with Crippen molar-refractivity contribution >= 4 is 23.2 Å². The molecule has 3 aromatic rings. The summed E-state index contributed by atoms with van der Waals surface area (Å²) in [5, 5.41) is 8.94. The maximum absolute atomic E-state index is 12.4. The standard InChI is InChI=1S/C26H29N3O2/c1-19-13-14-23(29-20(2)30)17-25(19)28-18-26(31)27-16-15-24(21-9-5-3-6-10-21)22-11-7-4-8-12-22/h3-14,17,24,28H,15-16,18H2,1-2H3,(H,27,31)(H,29,30). The van der Waals surface area contributed by atoms with E-state index in [2.05, 4.69) is 40.2 Å². The summed E-state index contributed by atoms with van der Waals surface area (Å²) in [7, 11) is 0. The van der Waals surface area contributed by atoms with Crippen molar-refractivity contribution in [2.45, 2.75) is 26.2 Å². The number of hydrogen-bond donors (Lipinski definition) is 3. The summed E-state index contributed by atoms with van der Waals surface area (Å²) >= 11 is 0. The van der Waals surface area contributed by atoms with E-state index in [4.69, 9.17) is 0 Å². The van der Waals surface area contributed by atoms with Crippen molar-refractivity contribution in [2.75, 3.05) is 23.7 Å². The molecule has 160 valence electrons. The van der Waals surface area contributed by atoms with Gasteiger partial charge in [0.2, 0.25) is 11.8 Å². The van der Waals surface area contributed by atoms with E-state index in [-0.39, 0.29) is 24.3 Å². The van der Waals surface area contributed by atoms with Crippen molar-refractivity contribution in [2.24, 2.45) is 0 Å². The molecule has 0 bridgehead atoms. The molecular weight excluding hydrogens is 386 g/mol. The van der Waals surface area contributed by atoms with E-state index in [1.807, 2.05) is 61.5 Å². The summed E-state index contributed by atoms with van der Waals surface area (Å²) in [6, 6.07) is 26.3. The Labute approximate surface area is 183 Å². The normalized spacial score (nSPS) is 10.5. The number of carbonyl (C=O) groups excluding carboxylic acids is 2. The Bertz CT molecular complexity index is 964. The Morgan fingerprint density at radius 2 is 1.48 bits per heavy atom. The van der Waals surface area contributed by atoms with Crippen LogP contribution in [0.2, 0.25) is 0 Å². The SMILES string of the molecule is CC(=O)Nc1ccc(C)c(NCC(=O)NCCC(c2ccccc2)c2ccccc2)c1. The van der Waals surface area contributed by atoms with Crippen LogP contribution in [-0.4, -0.2) is 24.9 Å². The number of benzene rings is 3. The van der Waals surface area contributed by atoms with Crippen molar-refractivity contribution < 1.29 is 9.59 Å². The van der Waals surface area contributed by atoms with E-state index in [0.717, 1.165) is 17.7 Å². The number of rotatable bonds is 9. The van der Waals surface area contributed by atoms with Crippen LogP contribution in [-0.2, 0) is 9.59 Å².